The number of hydrogen-bond acceptors (Lipinski definition) is 2. The average molecular weight is 805 g/mol. The van der Waals surface area contributed by atoms with Crippen molar-refractivity contribution < 1.29 is 0 Å². The van der Waals surface area contributed by atoms with Gasteiger partial charge in [0.2, 0.25) is 0 Å². The summed E-state index contributed by atoms with van der Waals surface area (Å²) in [7, 11) is 0. The van der Waals surface area contributed by atoms with E-state index in [-0.39, 0.29) is 0 Å². The molecule has 0 aromatic heterocycles. The van der Waals surface area contributed by atoms with Gasteiger partial charge in [-0.3, -0.25) is 0 Å². The summed E-state index contributed by atoms with van der Waals surface area (Å²) in [6.07, 6.45) is 35.9. The lowest BCUT2D eigenvalue weighted by atomic mass is 9.91. The van der Waals surface area contributed by atoms with Crippen LogP contribution in [0.2, 0.25) is 0 Å². The van der Waals surface area contributed by atoms with Gasteiger partial charge in [0, 0.05) is 37.6 Å². The maximum atomic E-state index is 2.65. The smallest absolute Gasteiger partial charge is 0.0366 e. The SMILES string of the molecule is CCCCCCCN(CCCCCCC)c1ccc(/C=C/c2c3ccccc3c(/C=C/c3ccc(N(CCCCCCC)CCCCCCC)cc3)c3ccccc23)cc1. The first kappa shape index (κ1) is 46.8. The van der Waals surface area contributed by atoms with E-state index >= 15 is 0 Å². The van der Waals surface area contributed by atoms with E-state index in [0.29, 0.717) is 0 Å². The normalized spacial score (nSPS) is 11.8. The molecule has 0 fully saturated rings. The van der Waals surface area contributed by atoms with Gasteiger partial charge < -0.3 is 9.80 Å². The fraction of sp³-hybridized carbons (Fsp3) is 0.483. The molecule has 0 heterocycles. The van der Waals surface area contributed by atoms with Gasteiger partial charge in [-0.25, -0.2) is 0 Å². The molecule has 5 aromatic rings. The first-order valence-electron chi connectivity index (χ1n) is 24.7. The molecular formula is C58H80N2. The number of fused-ring (bicyclic) bond motifs is 2. The third kappa shape index (κ3) is 15.0. The summed E-state index contributed by atoms with van der Waals surface area (Å²) in [5, 5.41) is 5.18. The van der Waals surface area contributed by atoms with E-state index in [9.17, 15) is 0 Å². The molecule has 2 heteroatoms. The Labute approximate surface area is 367 Å². The molecule has 0 unspecified atom stereocenters. The fourth-order valence-corrected chi connectivity index (χ4v) is 8.87. The third-order valence-electron chi connectivity index (χ3n) is 12.5. The third-order valence-corrected chi connectivity index (χ3v) is 12.5. The van der Waals surface area contributed by atoms with E-state index in [2.05, 4.69) is 159 Å². The van der Waals surface area contributed by atoms with Crippen LogP contribution >= 0.6 is 0 Å². The molecule has 0 bridgehead atoms. The fourth-order valence-electron chi connectivity index (χ4n) is 8.87. The van der Waals surface area contributed by atoms with Crippen LogP contribution in [0.5, 0.6) is 0 Å². The summed E-state index contributed by atoms with van der Waals surface area (Å²) in [5.41, 5.74) is 7.81. The Balaban J connectivity index is 1.34. The van der Waals surface area contributed by atoms with Crippen molar-refractivity contribution in [3.8, 4) is 0 Å². The van der Waals surface area contributed by atoms with Crippen molar-refractivity contribution in [1.29, 1.82) is 0 Å². The number of anilines is 2. The van der Waals surface area contributed by atoms with Gasteiger partial charge >= 0.3 is 0 Å². The second-order valence-electron chi connectivity index (χ2n) is 17.4. The van der Waals surface area contributed by atoms with E-state index in [1.54, 1.807) is 0 Å². The molecule has 0 radical (unpaired) electrons. The molecule has 0 aliphatic heterocycles. The second kappa shape index (κ2) is 27.5. The van der Waals surface area contributed by atoms with Gasteiger partial charge in [0.25, 0.3) is 0 Å². The Kier molecular flexibility index (Phi) is 21.5. The minimum atomic E-state index is 1.16. The van der Waals surface area contributed by atoms with Crippen LogP contribution in [-0.2, 0) is 0 Å². The Bertz CT molecular complexity index is 1740. The van der Waals surface area contributed by atoms with Crippen molar-refractivity contribution >= 4 is 57.2 Å². The van der Waals surface area contributed by atoms with E-state index < -0.39 is 0 Å². The van der Waals surface area contributed by atoms with Gasteiger partial charge in [0.15, 0.2) is 0 Å². The number of benzene rings is 5. The molecule has 0 atom stereocenters. The number of hydrogen-bond donors (Lipinski definition) is 0. The van der Waals surface area contributed by atoms with Gasteiger partial charge in [-0.1, -0.05) is 228 Å². The van der Waals surface area contributed by atoms with Gasteiger partial charge in [-0.05, 0) is 93.7 Å². The lowest BCUT2D eigenvalue weighted by Gasteiger charge is -2.25. The maximum absolute atomic E-state index is 2.65. The zero-order valence-corrected chi connectivity index (χ0v) is 38.4. The highest BCUT2D eigenvalue weighted by molar-refractivity contribution is 6.14. The number of rotatable bonds is 30. The summed E-state index contributed by atoms with van der Waals surface area (Å²) in [4.78, 5) is 5.29. The minimum absolute atomic E-state index is 1.16. The van der Waals surface area contributed by atoms with E-state index in [1.165, 1.54) is 184 Å². The Morgan fingerprint density at radius 3 is 0.833 bits per heavy atom. The zero-order valence-electron chi connectivity index (χ0n) is 38.4. The predicted molar refractivity (Wildman–Crippen MR) is 272 cm³/mol. The average Bonchev–Trinajstić information content (AvgIpc) is 3.29. The zero-order chi connectivity index (χ0) is 42.0. The summed E-state index contributed by atoms with van der Waals surface area (Å²) in [5.74, 6) is 0. The Hall–Kier alpha value is -4.30. The molecule has 0 N–H and O–H groups in total. The highest BCUT2D eigenvalue weighted by atomic mass is 15.1. The second-order valence-corrected chi connectivity index (χ2v) is 17.4. The first-order chi connectivity index (χ1) is 29.7. The largest absolute Gasteiger partial charge is 0.372 e. The van der Waals surface area contributed by atoms with Crippen LogP contribution in [-0.4, -0.2) is 26.2 Å². The number of nitrogens with zero attached hydrogens (tertiary/aromatic N) is 2. The van der Waals surface area contributed by atoms with Crippen LogP contribution in [0, 0.1) is 0 Å². The van der Waals surface area contributed by atoms with Crippen LogP contribution in [0.1, 0.15) is 178 Å². The highest BCUT2D eigenvalue weighted by Crippen LogP contribution is 2.36. The van der Waals surface area contributed by atoms with Crippen LogP contribution in [0.3, 0.4) is 0 Å². The standard InChI is InChI=1S/C58H80N2/c1-5-9-13-17-25-45-59(46-26-18-14-10-6-2)51-39-33-49(34-40-51)37-43-57-53-29-21-23-31-55(53)58(56-32-24-22-30-54(56)57)44-38-50-35-41-52(42-36-50)60(47-27-19-15-11-7-3)48-28-20-16-12-8-4/h21-24,29-44H,5-20,25-28,45-48H2,1-4H3/b43-37+,44-38+. The molecule has 0 amide bonds. The molecule has 60 heavy (non-hydrogen) atoms. The Morgan fingerprint density at radius 2 is 0.567 bits per heavy atom. The van der Waals surface area contributed by atoms with E-state index in [4.69, 9.17) is 0 Å². The number of unbranched alkanes of at least 4 members (excludes halogenated alkanes) is 16. The van der Waals surface area contributed by atoms with Crippen LogP contribution < -0.4 is 9.80 Å². The predicted octanol–water partition coefficient (Wildman–Crippen LogP) is 17.8. The molecule has 0 saturated carbocycles. The summed E-state index contributed by atoms with van der Waals surface area (Å²) in [6, 6.07) is 36.7. The lowest BCUT2D eigenvalue weighted by molar-refractivity contribution is 0.589. The monoisotopic (exact) mass is 805 g/mol. The van der Waals surface area contributed by atoms with E-state index in [1.807, 2.05) is 0 Å². The quantitative estimate of drug-likeness (QED) is 0.0259. The van der Waals surface area contributed by atoms with Crippen molar-refractivity contribution in [3.63, 3.8) is 0 Å². The molecule has 0 aliphatic carbocycles. The van der Waals surface area contributed by atoms with Crippen molar-refractivity contribution in [3.05, 3.63) is 119 Å². The van der Waals surface area contributed by atoms with Crippen molar-refractivity contribution in [2.75, 3.05) is 36.0 Å². The molecule has 2 nitrogen and oxygen atoms in total. The van der Waals surface area contributed by atoms with E-state index in [0.717, 1.165) is 26.2 Å². The van der Waals surface area contributed by atoms with Crippen LogP contribution in [0.25, 0.3) is 45.8 Å². The van der Waals surface area contributed by atoms with Crippen LogP contribution in [0.4, 0.5) is 11.4 Å². The molecule has 5 rings (SSSR count). The van der Waals surface area contributed by atoms with Crippen LogP contribution in [0.15, 0.2) is 97.1 Å². The molecule has 0 spiro atoms. The molecule has 0 saturated heterocycles. The molecule has 322 valence electrons. The van der Waals surface area contributed by atoms with Gasteiger partial charge in [0.05, 0.1) is 0 Å². The van der Waals surface area contributed by atoms with Gasteiger partial charge in [-0.15, -0.1) is 0 Å². The first-order valence-corrected chi connectivity index (χ1v) is 24.7. The lowest BCUT2D eigenvalue weighted by Crippen LogP contribution is -2.25. The van der Waals surface area contributed by atoms with Gasteiger partial charge in [-0.2, -0.15) is 0 Å². The Morgan fingerprint density at radius 1 is 0.300 bits per heavy atom. The summed E-state index contributed by atoms with van der Waals surface area (Å²) >= 11 is 0. The summed E-state index contributed by atoms with van der Waals surface area (Å²) in [6.45, 7) is 13.9. The van der Waals surface area contributed by atoms with Gasteiger partial charge in [0.1, 0.15) is 0 Å². The topological polar surface area (TPSA) is 6.48 Å². The minimum Gasteiger partial charge on any atom is -0.372 e. The maximum Gasteiger partial charge on any atom is 0.0366 e. The summed E-state index contributed by atoms with van der Waals surface area (Å²) < 4.78 is 0. The van der Waals surface area contributed by atoms with Crippen molar-refractivity contribution in [1.82, 2.24) is 0 Å². The molecular weight excluding hydrogens is 725 g/mol. The molecule has 5 aromatic carbocycles. The van der Waals surface area contributed by atoms with Crippen molar-refractivity contribution in [2.24, 2.45) is 0 Å². The van der Waals surface area contributed by atoms with Crippen molar-refractivity contribution in [2.45, 2.75) is 156 Å². The highest BCUT2D eigenvalue weighted by Gasteiger charge is 2.12. The molecule has 0 aliphatic rings.